The molecule has 24 heavy (non-hydrogen) atoms. The minimum absolute atomic E-state index is 0.0125. The molecule has 2 aliphatic rings. The number of amidine groups is 1. The number of carbonyl (C=O) groups is 1. The Kier molecular flexibility index (Phi) is 5.01. The van der Waals surface area contributed by atoms with Crippen LogP contribution >= 0.6 is 11.6 Å². The zero-order chi connectivity index (χ0) is 17.3. The van der Waals surface area contributed by atoms with E-state index in [1.807, 2.05) is 6.92 Å². The van der Waals surface area contributed by atoms with Gasteiger partial charge in [0.25, 0.3) is 0 Å². The Hall–Kier alpha value is -1.73. The van der Waals surface area contributed by atoms with E-state index in [1.165, 1.54) is 0 Å². The van der Waals surface area contributed by atoms with Gasteiger partial charge in [-0.05, 0) is 26.7 Å². The van der Waals surface area contributed by atoms with Crippen molar-refractivity contribution in [3.05, 3.63) is 22.7 Å². The monoisotopic (exact) mass is 355 g/mol. The van der Waals surface area contributed by atoms with Gasteiger partial charge in [0.05, 0.1) is 38.1 Å². The van der Waals surface area contributed by atoms with Gasteiger partial charge in [0.1, 0.15) is 17.1 Å². The molecule has 3 rings (SSSR count). The SMILES string of the molecule is CCOC(=O)c1c(F)cnc(Cl)c1/N=C(\C)N1C2CCC1COC2. The molecule has 0 aromatic carbocycles. The molecule has 0 amide bonds. The van der Waals surface area contributed by atoms with E-state index in [4.69, 9.17) is 21.1 Å². The van der Waals surface area contributed by atoms with Crippen LogP contribution in [-0.4, -0.2) is 53.6 Å². The number of rotatable bonds is 3. The number of esters is 1. The van der Waals surface area contributed by atoms with Crippen molar-refractivity contribution in [2.75, 3.05) is 19.8 Å². The Balaban J connectivity index is 1.99. The van der Waals surface area contributed by atoms with Gasteiger partial charge in [-0.2, -0.15) is 0 Å². The summed E-state index contributed by atoms with van der Waals surface area (Å²) in [6, 6.07) is 0.498. The van der Waals surface area contributed by atoms with Crippen LogP contribution in [0, 0.1) is 5.82 Å². The number of morpholine rings is 1. The Morgan fingerprint density at radius 1 is 1.50 bits per heavy atom. The van der Waals surface area contributed by atoms with Gasteiger partial charge in [0.15, 0.2) is 11.0 Å². The molecule has 8 heteroatoms. The fourth-order valence-corrected chi connectivity index (χ4v) is 3.52. The predicted molar refractivity (Wildman–Crippen MR) is 87.4 cm³/mol. The molecule has 1 aromatic rings. The van der Waals surface area contributed by atoms with E-state index in [1.54, 1.807) is 6.92 Å². The lowest BCUT2D eigenvalue weighted by Crippen LogP contribution is -2.48. The minimum Gasteiger partial charge on any atom is -0.462 e. The van der Waals surface area contributed by atoms with Gasteiger partial charge in [0.2, 0.25) is 0 Å². The molecular weight excluding hydrogens is 337 g/mol. The molecule has 2 unspecified atom stereocenters. The molecule has 6 nitrogen and oxygen atoms in total. The van der Waals surface area contributed by atoms with Gasteiger partial charge in [-0.3, -0.25) is 0 Å². The maximum atomic E-state index is 14.1. The summed E-state index contributed by atoms with van der Waals surface area (Å²) in [4.78, 5) is 22.5. The van der Waals surface area contributed by atoms with Crippen LogP contribution in [0.2, 0.25) is 5.15 Å². The standard InChI is InChI=1S/C16H19ClFN3O3/c1-3-24-16(22)13-12(18)6-19-15(17)14(13)20-9(2)21-10-4-5-11(21)8-23-7-10/h6,10-11H,3-5,7-8H2,1-2H3/b20-9+. The van der Waals surface area contributed by atoms with Crippen LogP contribution in [0.25, 0.3) is 0 Å². The van der Waals surface area contributed by atoms with E-state index in [2.05, 4.69) is 14.9 Å². The number of aromatic nitrogens is 1. The van der Waals surface area contributed by atoms with E-state index in [-0.39, 0.29) is 35.1 Å². The maximum Gasteiger partial charge on any atom is 0.343 e. The molecule has 2 aliphatic heterocycles. The van der Waals surface area contributed by atoms with E-state index in [9.17, 15) is 9.18 Å². The van der Waals surface area contributed by atoms with Crippen molar-refractivity contribution in [3.63, 3.8) is 0 Å². The summed E-state index contributed by atoms with van der Waals surface area (Å²) in [7, 11) is 0. The third kappa shape index (κ3) is 3.10. The highest BCUT2D eigenvalue weighted by molar-refractivity contribution is 6.32. The molecule has 130 valence electrons. The van der Waals surface area contributed by atoms with Crippen LogP contribution in [0.3, 0.4) is 0 Å². The van der Waals surface area contributed by atoms with Crippen molar-refractivity contribution in [2.45, 2.75) is 38.8 Å². The third-order valence-corrected chi connectivity index (χ3v) is 4.61. The number of pyridine rings is 1. The van der Waals surface area contributed by atoms with Crippen molar-refractivity contribution in [1.82, 2.24) is 9.88 Å². The summed E-state index contributed by atoms with van der Waals surface area (Å²) in [6.45, 7) is 4.89. The summed E-state index contributed by atoms with van der Waals surface area (Å²) >= 11 is 6.08. The van der Waals surface area contributed by atoms with E-state index in [0.717, 1.165) is 19.0 Å². The van der Waals surface area contributed by atoms with E-state index in [0.29, 0.717) is 19.0 Å². The Bertz CT molecular complexity index is 667. The van der Waals surface area contributed by atoms with Crippen molar-refractivity contribution in [2.24, 2.45) is 4.99 Å². The summed E-state index contributed by atoms with van der Waals surface area (Å²) < 4.78 is 24.6. The van der Waals surface area contributed by atoms with Crippen LogP contribution in [0.4, 0.5) is 10.1 Å². The van der Waals surface area contributed by atoms with Gasteiger partial charge in [-0.1, -0.05) is 11.6 Å². The molecule has 0 spiro atoms. The van der Waals surface area contributed by atoms with Gasteiger partial charge in [0, 0.05) is 0 Å². The first-order chi connectivity index (χ1) is 11.5. The largest absolute Gasteiger partial charge is 0.462 e. The smallest absolute Gasteiger partial charge is 0.343 e. The van der Waals surface area contributed by atoms with Crippen molar-refractivity contribution in [1.29, 1.82) is 0 Å². The first kappa shape index (κ1) is 17.1. The lowest BCUT2D eigenvalue weighted by molar-refractivity contribution is 0.0202. The lowest BCUT2D eigenvalue weighted by atomic mass is 10.2. The van der Waals surface area contributed by atoms with Gasteiger partial charge >= 0.3 is 5.97 Å². The average Bonchev–Trinajstić information content (AvgIpc) is 2.80. The number of hydrogen-bond donors (Lipinski definition) is 0. The highest BCUT2D eigenvalue weighted by Crippen LogP contribution is 2.33. The molecule has 0 aliphatic carbocycles. The second-order valence-corrected chi connectivity index (χ2v) is 6.19. The summed E-state index contributed by atoms with van der Waals surface area (Å²) in [5.41, 5.74) is -0.268. The lowest BCUT2D eigenvalue weighted by Gasteiger charge is -2.36. The molecule has 2 atom stereocenters. The highest BCUT2D eigenvalue weighted by atomic mass is 35.5. The second kappa shape index (κ2) is 7.03. The zero-order valence-electron chi connectivity index (χ0n) is 13.6. The number of hydrogen-bond acceptors (Lipinski definition) is 5. The fraction of sp³-hybridized carbons (Fsp3) is 0.562. The van der Waals surface area contributed by atoms with Gasteiger partial charge in [-0.25, -0.2) is 19.2 Å². The molecule has 2 bridgehead atoms. The van der Waals surface area contributed by atoms with Crippen LogP contribution in [0.15, 0.2) is 11.2 Å². The quantitative estimate of drug-likeness (QED) is 0.361. The number of carbonyl (C=O) groups excluding carboxylic acids is 1. The highest BCUT2D eigenvalue weighted by Gasteiger charge is 2.38. The van der Waals surface area contributed by atoms with Crippen LogP contribution < -0.4 is 0 Å². The average molecular weight is 356 g/mol. The Morgan fingerprint density at radius 3 is 2.79 bits per heavy atom. The molecule has 1 aromatic heterocycles. The number of aliphatic imine (C=N–C) groups is 1. The van der Waals surface area contributed by atoms with Gasteiger partial charge < -0.3 is 14.4 Å². The van der Waals surface area contributed by atoms with E-state index < -0.39 is 11.8 Å². The minimum atomic E-state index is -0.797. The number of ether oxygens (including phenoxy) is 2. The Morgan fingerprint density at radius 2 is 2.17 bits per heavy atom. The predicted octanol–water partition coefficient (Wildman–Crippen LogP) is 2.96. The summed E-state index contributed by atoms with van der Waals surface area (Å²) in [6.07, 6.45) is 2.95. The zero-order valence-corrected chi connectivity index (χ0v) is 14.3. The number of halogens is 2. The molecule has 2 saturated heterocycles. The van der Waals surface area contributed by atoms with Crippen molar-refractivity contribution >= 4 is 29.1 Å². The first-order valence-electron chi connectivity index (χ1n) is 7.95. The molecular formula is C16H19ClFN3O3. The third-order valence-electron chi connectivity index (χ3n) is 4.33. The number of fused-ring (bicyclic) bond motifs is 2. The van der Waals surface area contributed by atoms with Crippen LogP contribution in [0.1, 0.15) is 37.0 Å². The molecule has 0 saturated carbocycles. The molecule has 2 fully saturated rings. The fourth-order valence-electron chi connectivity index (χ4n) is 3.33. The summed E-state index contributed by atoms with van der Waals surface area (Å²) in [5, 5.41) is -0.0283. The van der Waals surface area contributed by atoms with E-state index >= 15 is 0 Å². The topological polar surface area (TPSA) is 64.0 Å². The van der Waals surface area contributed by atoms with Gasteiger partial charge in [-0.15, -0.1) is 0 Å². The second-order valence-electron chi connectivity index (χ2n) is 5.83. The molecule has 0 N–H and O–H groups in total. The molecule has 3 heterocycles. The molecule has 0 radical (unpaired) electrons. The van der Waals surface area contributed by atoms with Crippen LogP contribution in [0.5, 0.6) is 0 Å². The van der Waals surface area contributed by atoms with Crippen LogP contribution in [-0.2, 0) is 9.47 Å². The maximum absolute atomic E-state index is 14.1. The Labute approximate surface area is 144 Å². The van der Waals surface area contributed by atoms with Crippen molar-refractivity contribution < 1.29 is 18.7 Å². The first-order valence-corrected chi connectivity index (χ1v) is 8.33. The number of nitrogens with zero attached hydrogens (tertiary/aromatic N) is 3. The normalized spacial score (nSPS) is 23.5. The van der Waals surface area contributed by atoms with Crippen molar-refractivity contribution in [3.8, 4) is 0 Å². The summed E-state index contributed by atoms with van der Waals surface area (Å²) in [5.74, 6) is -0.921.